The molecule has 2 aromatic carbocycles. The van der Waals surface area contributed by atoms with Crippen LogP contribution in [0.25, 0.3) is 11.3 Å². The van der Waals surface area contributed by atoms with Crippen LogP contribution in [0, 0.1) is 35.3 Å². The summed E-state index contributed by atoms with van der Waals surface area (Å²) < 4.78 is 36.6. The van der Waals surface area contributed by atoms with Crippen LogP contribution in [0.1, 0.15) is 45.1 Å². The quantitative estimate of drug-likeness (QED) is 0.265. The van der Waals surface area contributed by atoms with Gasteiger partial charge in [-0.1, -0.05) is 47.1 Å². The molecule has 6 nitrogen and oxygen atoms in total. The molecular weight excluding hydrogens is 566 g/mol. The van der Waals surface area contributed by atoms with E-state index >= 15 is 0 Å². The lowest BCUT2D eigenvalue weighted by atomic mass is 9.89. The van der Waals surface area contributed by atoms with Gasteiger partial charge in [-0.25, -0.2) is 9.07 Å². The smallest absolute Gasteiger partial charge is 0.226 e. The molecule has 0 N–H and O–H groups in total. The van der Waals surface area contributed by atoms with Gasteiger partial charge in [-0.2, -0.15) is 4.39 Å². The van der Waals surface area contributed by atoms with Crippen molar-refractivity contribution in [1.82, 2.24) is 19.9 Å². The molecule has 1 aromatic heterocycles. The Bertz CT molecular complexity index is 1330. The van der Waals surface area contributed by atoms with E-state index in [-0.39, 0.29) is 34.9 Å². The summed E-state index contributed by atoms with van der Waals surface area (Å²) in [6.45, 7) is 5.53. The summed E-state index contributed by atoms with van der Waals surface area (Å²) in [7, 11) is 1.29. The van der Waals surface area contributed by atoms with Crippen molar-refractivity contribution in [2.75, 3.05) is 13.7 Å². The Morgan fingerprint density at radius 3 is 2.64 bits per heavy atom. The van der Waals surface area contributed by atoms with E-state index < -0.39 is 11.6 Å². The van der Waals surface area contributed by atoms with Gasteiger partial charge in [0, 0.05) is 22.5 Å². The molecule has 0 bridgehead atoms. The van der Waals surface area contributed by atoms with Gasteiger partial charge in [0.15, 0.2) is 11.6 Å². The van der Waals surface area contributed by atoms with E-state index in [1.165, 1.54) is 32.1 Å². The van der Waals surface area contributed by atoms with Crippen LogP contribution in [0.2, 0.25) is 0 Å². The molecule has 3 atom stereocenters. The van der Waals surface area contributed by atoms with Crippen LogP contribution in [0.15, 0.2) is 47.1 Å². The summed E-state index contributed by atoms with van der Waals surface area (Å²) in [6, 6.07) is 11.0. The molecule has 2 fully saturated rings. The molecule has 2 heterocycles. The van der Waals surface area contributed by atoms with Crippen LogP contribution in [0.5, 0.6) is 5.75 Å². The van der Waals surface area contributed by atoms with Crippen molar-refractivity contribution in [3.8, 4) is 17.0 Å². The fourth-order valence-electron chi connectivity index (χ4n) is 6.07. The second kappa shape index (κ2) is 11.7. The number of methoxy groups -OCH3 is 1. The van der Waals surface area contributed by atoms with Gasteiger partial charge in [0.05, 0.1) is 25.9 Å². The Morgan fingerprint density at radius 1 is 1.15 bits per heavy atom. The minimum atomic E-state index is -1.05. The Labute approximate surface area is 236 Å². The van der Waals surface area contributed by atoms with Gasteiger partial charge in [0.25, 0.3) is 0 Å². The van der Waals surface area contributed by atoms with Crippen LogP contribution in [-0.2, 0) is 17.8 Å². The van der Waals surface area contributed by atoms with Crippen molar-refractivity contribution in [3.05, 3.63) is 64.3 Å². The molecule has 1 amide bonds. The van der Waals surface area contributed by atoms with Crippen molar-refractivity contribution >= 4 is 21.8 Å². The molecule has 208 valence electrons. The van der Waals surface area contributed by atoms with Crippen molar-refractivity contribution < 1.29 is 18.3 Å². The molecule has 2 aliphatic rings. The maximum absolute atomic E-state index is 14.7. The minimum absolute atomic E-state index is 0.00540. The third-order valence-corrected chi connectivity index (χ3v) is 8.53. The standard InChI is InChI=1S/C30H35BrF2N4O2/c1-18(2)13-21(14-19-5-4-6-22(31)15-19)30(38)37-12-11-23(20-7-8-20)26(37)17-36-16-25(34-35-36)24-9-10-27(39-3)29(33)28(24)32/h4-6,9-10,15-16,18,20-21,23,26H,7-8,11-14,17H2,1-3H3. The summed E-state index contributed by atoms with van der Waals surface area (Å²) in [5.41, 5.74) is 1.43. The van der Waals surface area contributed by atoms with E-state index in [2.05, 4.69) is 57.1 Å². The zero-order valence-corrected chi connectivity index (χ0v) is 24.2. The number of carbonyl (C=O) groups excluding carboxylic acids is 1. The lowest BCUT2D eigenvalue weighted by Crippen LogP contribution is -2.45. The fourth-order valence-corrected chi connectivity index (χ4v) is 6.52. The first-order chi connectivity index (χ1) is 18.7. The average molecular weight is 602 g/mol. The third-order valence-electron chi connectivity index (χ3n) is 8.04. The lowest BCUT2D eigenvalue weighted by Gasteiger charge is -2.32. The van der Waals surface area contributed by atoms with Gasteiger partial charge in [-0.05, 0) is 79.7 Å². The normalized spacial score (nSPS) is 20.0. The molecular formula is C30H35BrF2N4O2. The molecule has 9 heteroatoms. The van der Waals surface area contributed by atoms with E-state index in [1.54, 1.807) is 10.9 Å². The lowest BCUT2D eigenvalue weighted by molar-refractivity contribution is -0.137. The molecule has 0 spiro atoms. The zero-order chi connectivity index (χ0) is 27.7. The molecule has 39 heavy (non-hydrogen) atoms. The topological polar surface area (TPSA) is 60.2 Å². The Balaban J connectivity index is 1.38. The zero-order valence-electron chi connectivity index (χ0n) is 22.6. The van der Waals surface area contributed by atoms with Gasteiger partial charge in [0.1, 0.15) is 5.69 Å². The van der Waals surface area contributed by atoms with Crippen LogP contribution < -0.4 is 4.74 Å². The number of likely N-dealkylation sites (tertiary alicyclic amines) is 1. The predicted octanol–water partition coefficient (Wildman–Crippen LogP) is 6.53. The third kappa shape index (κ3) is 6.18. The second-order valence-corrected chi connectivity index (χ2v) is 12.2. The molecule has 3 unspecified atom stereocenters. The average Bonchev–Trinajstić information content (AvgIpc) is 3.50. The molecule has 1 aliphatic carbocycles. The first kappa shape index (κ1) is 27.7. The largest absolute Gasteiger partial charge is 0.494 e. The van der Waals surface area contributed by atoms with Crippen LogP contribution in [-0.4, -0.2) is 45.5 Å². The maximum Gasteiger partial charge on any atom is 0.226 e. The number of rotatable bonds is 10. The highest BCUT2D eigenvalue weighted by Gasteiger charge is 2.46. The van der Waals surface area contributed by atoms with Gasteiger partial charge < -0.3 is 9.64 Å². The van der Waals surface area contributed by atoms with Crippen molar-refractivity contribution in [2.45, 2.75) is 58.5 Å². The molecule has 3 aromatic rings. The first-order valence-electron chi connectivity index (χ1n) is 13.7. The Hall–Kier alpha value is -2.81. The van der Waals surface area contributed by atoms with Crippen LogP contribution >= 0.6 is 15.9 Å². The highest BCUT2D eigenvalue weighted by molar-refractivity contribution is 9.10. The Kier molecular flexibility index (Phi) is 8.35. The van der Waals surface area contributed by atoms with Crippen LogP contribution in [0.4, 0.5) is 8.78 Å². The summed E-state index contributed by atoms with van der Waals surface area (Å²) in [5, 5.41) is 8.39. The second-order valence-electron chi connectivity index (χ2n) is 11.3. The Morgan fingerprint density at radius 2 is 1.95 bits per heavy atom. The summed E-state index contributed by atoms with van der Waals surface area (Å²) >= 11 is 3.56. The van der Waals surface area contributed by atoms with E-state index in [0.717, 1.165) is 29.4 Å². The molecule has 1 aliphatic heterocycles. The molecule has 0 radical (unpaired) electrons. The summed E-state index contributed by atoms with van der Waals surface area (Å²) in [5.74, 6) is -0.715. The number of ether oxygens (including phenoxy) is 1. The number of hydrogen-bond acceptors (Lipinski definition) is 4. The number of halogens is 3. The number of benzene rings is 2. The van der Waals surface area contributed by atoms with Crippen molar-refractivity contribution in [1.29, 1.82) is 0 Å². The van der Waals surface area contributed by atoms with Gasteiger partial charge in [0.2, 0.25) is 11.7 Å². The molecule has 5 rings (SSSR count). The number of amides is 1. The molecule has 1 saturated heterocycles. The van der Waals surface area contributed by atoms with Crippen molar-refractivity contribution in [2.24, 2.45) is 23.7 Å². The van der Waals surface area contributed by atoms with E-state index in [9.17, 15) is 13.6 Å². The van der Waals surface area contributed by atoms with E-state index in [0.29, 0.717) is 30.7 Å². The number of aromatic nitrogens is 3. The number of nitrogens with zero attached hydrogens (tertiary/aromatic N) is 4. The minimum Gasteiger partial charge on any atom is -0.494 e. The first-order valence-corrected chi connectivity index (χ1v) is 14.5. The number of carbonyl (C=O) groups is 1. The number of hydrogen-bond donors (Lipinski definition) is 0. The van der Waals surface area contributed by atoms with E-state index in [4.69, 9.17) is 4.74 Å². The van der Waals surface area contributed by atoms with Gasteiger partial charge >= 0.3 is 0 Å². The maximum atomic E-state index is 14.7. The monoisotopic (exact) mass is 600 g/mol. The highest BCUT2D eigenvalue weighted by atomic mass is 79.9. The fraction of sp³-hybridized carbons (Fsp3) is 0.500. The highest BCUT2D eigenvalue weighted by Crippen LogP contribution is 2.45. The van der Waals surface area contributed by atoms with E-state index in [1.807, 2.05) is 12.1 Å². The van der Waals surface area contributed by atoms with Crippen molar-refractivity contribution in [3.63, 3.8) is 0 Å². The van der Waals surface area contributed by atoms with Crippen LogP contribution in [0.3, 0.4) is 0 Å². The van der Waals surface area contributed by atoms with Gasteiger partial charge in [-0.15, -0.1) is 5.10 Å². The SMILES string of the molecule is COc1ccc(-c2cn(CC3C(C4CC4)CCN3C(=O)C(Cc3cccc(Br)c3)CC(C)C)nn2)c(F)c1F. The summed E-state index contributed by atoms with van der Waals surface area (Å²) in [6.07, 6.45) is 6.52. The molecule has 1 saturated carbocycles. The summed E-state index contributed by atoms with van der Waals surface area (Å²) in [4.78, 5) is 16.2. The van der Waals surface area contributed by atoms with Gasteiger partial charge in [-0.3, -0.25) is 4.79 Å². The predicted molar refractivity (Wildman–Crippen MR) is 149 cm³/mol.